The van der Waals surface area contributed by atoms with Gasteiger partial charge in [-0.2, -0.15) is 4.68 Å². The summed E-state index contributed by atoms with van der Waals surface area (Å²) in [7, 11) is 0. The number of carbonyl (C=O) groups excluding carboxylic acids is 1. The van der Waals surface area contributed by atoms with Gasteiger partial charge in [0.05, 0.1) is 20.9 Å². The number of carbonyl (C=O) groups is 1. The van der Waals surface area contributed by atoms with Crippen molar-refractivity contribution in [1.82, 2.24) is 19.7 Å². The van der Waals surface area contributed by atoms with Gasteiger partial charge < -0.3 is 15.4 Å². The maximum Gasteiger partial charge on any atom is 0.490 e. The van der Waals surface area contributed by atoms with Gasteiger partial charge in [-0.25, -0.2) is 4.98 Å². The van der Waals surface area contributed by atoms with Crippen LogP contribution in [0.1, 0.15) is 38.5 Å². The van der Waals surface area contributed by atoms with Crippen LogP contribution in [0.3, 0.4) is 0 Å². The summed E-state index contributed by atoms with van der Waals surface area (Å²) in [5.74, 6) is 0.501. The molecule has 0 saturated heterocycles. The summed E-state index contributed by atoms with van der Waals surface area (Å²) < 4.78 is 2.54. The van der Waals surface area contributed by atoms with Crippen LogP contribution in [0.15, 0.2) is 16.3 Å². The first-order chi connectivity index (χ1) is 12.9. The first-order valence-corrected chi connectivity index (χ1v) is 10.5. The Hall–Kier alpha value is -1.88. The van der Waals surface area contributed by atoms with Crippen LogP contribution in [0, 0.1) is 27.4 Å². The van der Waals surface area contributed by atoms with Crippen molar-refractivity contribution in [3.05, 3.63) is 26.4 Å². The molecule has 2 unspecified atom stereocenters. The molecule has 6 rings (SSSR count). The van der Waals surface area contributed by atoms with Gasteiger partial charge in [-0.1, -0.05) is 16.3 Å². The number of amides is 1. The molecule has 4 saturated carbocycles. The molecule has 11 heteroatoms. The topological polar surface area (TPSA) is 116 Å². The van der Waals surface area contributed by atoms with E-state index in [9.17, 15) is 14.9 Å². The molecule has 1 amide bonds. The number of rotatable bonds is 4. The van der Waals surface area contributed by atoms with Gasteiger partial charge in [-0.15, -0.1) is 0 Å². The van der Waals surface area contributed by atoms with Crippen LogP contribution < -0.4 is 5.32 Å². The maximum absolute atomic E-state index is 13.2. The lowest BCUT2D eigenvalue weighted by molar-refractivity contribution is -0.394. The van der Waals surface area contributed by atoms with Gasteiger partial charge in [0.2, 0.25) is 12.2 Å². The largest absolute Gasteiger partial charge is 0.490 e. The lowest BCUT2D eigenvalue weighted by atomic mass is 9.46. The molecule has 4 bridgehead atoms. The molecule has 4 atom stereocenters. The minimum absolute atomic E-state index is 0.0115. The van der Waals surface area contributed by atoms with E-state index in [2.05, 4.69) is 36.3 Å². The van der Waals surface area contributed by atoms with E-state index in [4.69, 9.17) is 0 Å². The molecule has 142 valence electrons. The first-order valence-electron chi connectivity index (χ1n) is 8.87. The zero-order chi connectivity index (χ0) is 18.8. The Morgan fingerprint density at radius 1 is 1.33 bits per heavy atom. The minimum Gasteiger partial charge on any atom is -0.390 e. The van der Waals surface area contributed by atoms with Crippen LogP contribution in [-0.2, 0) is 10.3 Å². The highest BCUT2D eigenvalue weighted by atomic mass is 79.9. The molecule has 2 heterocycles. The second kappa shape index (κ2) is 5.81. The van der Waals surface area contributed by atoms with Crippen LogP contribution in [-0.4, -0.2) is 30.6 Å². The number of nitrogens with one attached hydrogen (secondary N) is 1. The van der Waals surface area contributed by atoms with E-state index >= 15 is 0 Å². The van der Waals surface area contributed by atoms with Crippen molar-refractivity contribution in [3.63, 3.8) is 0 Å². The normalized spacial score (nSPS) is 34.0. The van der Waals surface area contributed by atoms with Crippen molar-refractivity contribution in [2.45, 2.75) is 44.1 Å². The van der Waals surface area contributed by atoms with E-state index in [1.54, 1.807) is 10.9 Å². The number of nitrogens with zero attached hydrogens (tertiary/aromatic N) is 5. The summed E-state index contributed by atoms with van der Waals surface area (Å²) in [4.78, 5) is 31.8. The van der Waals surface area contributed by atoms with E-state index in [0.29, 0.717) is 23.4 Å². The van der Waals surface area contributed by atoms with Crippen LogP contribution in [0.25, 0.3) is 0 Å². The fraction of sp³-hybridized carbons (Fsp3) is 0.625. The highest BCUT2D eigenvalue weighted by Gasteiger charge is 2.62. The molecule has 2 aromatic heterocycles. The fourth-order valence-corrected chi connectivity index (χ4v) is 6.96. The van der Waals surface area contributed by atoms with Crippen LogP contribution in [0.2, 0.25) is 0 Å². The SMILES string of the molecule is O=C(Nc1ncc(Br)s1)C12C[C@H]3C[C@@H](C1)CC(n1cnc([N+](=O)[O-])n1)(C3)C2. The molecule has 0 aromatic carbocycles. The Bertz CT molecular complexity index is 928. The van der Waals surface area contributed by atoms with Crippen LogP contribution in [0.4, 0.5) is 11.1 Å². The Balaban J connectivity index is 1.47. The van der Waals surface area contributed by atoms with Gasteiger partial charge in [0.25, 0.3) is 0 Å². The molecule has 1 N–H and O–H groups in total. The summed E-state index contributed by atoms with van der Waals surface area (Å²) in [6.07, 6.45) is 8.44. The summed E-state index contributed by atoms with van der Waals surface area (Å²) in [6.45, 7) is 0. The Labute approximate surface area is 166 Å². The first kappa shape index (κ1) is 17.2. The average Bonchev–Trinajstić information content (AvgIpc) is 3.23. The molecule has 4 fully saturated rings. The molecular weight excluding hydrogens is 436 g/mol. The quantitative estimate of drug-likeness (QED) is 0.561. The Morgan fingerprint density at radius 3 is 2.67 bits per heavy atom. The zero-order valence-electron chi connectivity index (χ0n) is 14.3. The number of halogens is 1. The fourth-order valence-electron chi connectivity index (χ4n) is 5.86. The summed E-state index contributed by atoms with van der Waals surface area (Å²) in [6, 6.07) is 0. The standard InChI is InChI=1S/C16H17BrN6O3S/c17-11-6-18-14(27-11)20-12(24)15-2-9-1-10(3-15)5-16(4-9,7-15)22-8-19-13(21-22)23(25)26/h6,8-10H,1-5,7H2,(H,18,20,24)/t9-,10+,15?,16?. The summed E-state index contributed by atoms with van der Waals surface area (Å²) >= 11 is 4.76. The van der Waals surface area contributed by atoms with Crippen molar-refractivity contribution >= 4 is 44.3 Å². The number of anilines is 1. The number of hydrogen-bond donors (Lipinski definition) is 1. The summed E-state index contributed by atoms with van der Waals surface area (Å²) in [5, 5.41) is 18.7. The Morgan fingerprint density at radius 2 is 2.07 bits per heavy atom. The second-order valence-electron chi connectivity index (χ2n) is 8.14. The van der Waals surface area contributed by atoms with Crippen molar-refractivity contribution in [3.8, 4) is 0 Å². The average molecular weight is 453 g/mol. The molecule has 4 aliphatic carbocycles. The van der Waals surface area contributed by atoms with Crippen molar-refractivity contribution in [2.75, 3.05) is 5.32 Å². The lowest BCUT2D eigenvalue weighted by Gasteiger charge is -2.60. The molecule has 27 heavy (non-hydrogen) atoms. The van der Waals surface area contributed by atoms with Crippen molar-refractivity contribution in [2.24, 2.45) is 17.3 Å². The van der Waals surface area contributed by atoms with Gasteiger partial charge >= 0.3 is 5.95 Å². The number of thiazole rings is 1. The monoisotopic (exact) mass is 452 g/mol. The van der Waals surface area contributed by atoms with E-state index in [1.807, 2.05) is 0 Å². The third kappa shape index (κ3) is 2.70. The van der Waals surface area contributed by atoms with Gasteiger partial charge in [0.15, 0.2) is 5.13 Å². The number of aromatic nitrogens is 4. The molecule has 4 aliphatic rings. The highest BCUT2D eigenvalue weighted by molar-refractivity contribution is 9.11. The number of nitro groups is 1. The van der Waals surface area contributed by atoms with Crippen molar-refractivity contribution < 1.29 is 9.72 Å². The van der Waals surface area contributed by atoms with Gasteiger partial charge in [0, 0.05) is 5.10 Å². The summed E-state index contributed by atoms with van der Waals surface area (Å²) in [5.41, 5.74) is -0.824. The third-order valence-electron chi connectivity index (χ3n) is 6.34. The van der Waals surface area contributed by atoms with Crippen molar-refractivity contribution in [1.29, 1.82) is 0 Å². The van der Waals surface area contributed by atoms with Crippen LogP contribution >= 0.6 is 27.3 Å². The molecule has 0 spiro atoms. The van der Waals surface area contributed by atoms with E-state index in [1.165, 1.54) is 17.7 Å². The predicted molar refractivity (Wildman–Crippen MR) is 100 cm³/mol. The molecule has 9 nitrogen and oxygen atoms in total. The lowest BCUT2D eigenvalue weighted by Crippen LogP contribution is -2.60. The highest BCUT2D eigenvalue weighted by Crippen LogP contribution is 2.64. The van der Waals surface area contributed by atoms with Gasteiger partial charge in [-0.3, -0.25) is 4.79 Å². The third-order valence-corrected chi connectivity index (χ3v) is 7.73. The van der Waals surface area contributed by atoms with Gasteiger partial charge in [0.1, 0.15) is 0 Å². The minimum atomic E-state index is -0.570. The Kier molecular flexibility index (Phi) is 3.71. The molecule has 0 radical (unpaired) electrons. The van der Waals surface area contributed by atoms with Crippen LogP contribution in [0.5, 0.6) is 0 Å². The van der Waals surface area contributed by atoms with Gasteiger partial charge in [-0.05, 0) is 71.2 Å². The second-order valence-corrected chi connectivity index (χ2v) is 10.5. The van der Waals surface area contributed by atoms with E-state index in [0.717, 1.165) is 35.9 Å². The predicted octanol–water partition coefficient (Wildman–Crippen LogP) is 3.34. The maximum atomic E-state index is 13.2. The molecular formula is C16H17BrN6O3S. The molecule has 2 aromatic rings. The number of hydrogen-bond acceptors (Lipinski definition) is 7. The molecule has 0 aliphatic heterocycles. The van der Waals surface area contributed by atoms with E-state index < -0.39 is 10.3 Å². The van der Waals surface area contributed by atoms with E-state index in [-0.39, 0.29) is 17.4 Å². The smallest absolute Gasteiger partial charge is 0.390 e. The zero-order valence-corrected chi connectivity index (χ0v) is 16.7.